The SMILES string of the molecule is CCCNCC(C)c1c(C)nc(-c2ncccn2)nc1C. The molecule has 0 amide bonds. The maximum atomic E-state index is 4.59. The molecule has 0 fully saturated rings. The molecule has 0 saturated heterocycles. The van der Waals surface area contributed by atoms with Crippen LogP contribution in [0.4, 0.5) is 0 Å². The largest absolute Gasteiger partial charge is 0.316 e. The van der Waals surface area contributed by atoms with Crippen molar-refractivity contribution in [2.45, 2.75) is 40.0 Å². The molecule has 0 radical (unpaired) electrons. The van der Waals surface area contributed by atoms with Crippen LogP contribution in [0.15, 0.2) is 18.5 Å². The third-order valence-corrected chi connectivity index (χ3v) is 3.46. The molecular formula is C16H23N5. The zero-order valence-electron chi connectivity index (χ0n) is 13.2. The summed E-state index contributed by atoms with van der Waals surface area (Å²) in [5.41, 5.74) is 3.24. The summed E-state index contributed by atoms with van der Waals surface area (Å²) in [5, 5.41) is 3.45. The Balaban J connectivity index is 2.25. The van der Waals surface area contributed by atoms with Crippen LogP contribution >= 0.6 is 0 Å². The van der Waals surface area contributed by atoms with E-state index in [1.54, 1.807) is 18.5 Å². The van der Waals surface area contributed by atoms with Crippen LogP contribution in [0.3, 0.4) is 0 Å². The van der Waals surface area contributed by atoms with Crippen molar-refractivity contribution in [3.8, 4) is 11.6 Å². The Morgan fingerprint density at radius 2 is 1.67 bits per heavy atom. The predicted molar refractivity (Wildman–Crippen MR) is 84.1 cm³/mol. The second-order valence-corrected chi connectivity index (χ2v) is 5.31. The van der Waals surface area contributed by atoms with E-state index in [-0.39, 0.29) is 0 Å². The first-order valence-corrected chi connectivity index (χ1v) is 7.46. The zero-order chi connectivity index (χ0) is 15.2. The van der Waals surface area contributed by atoms with Gasteiger partial charge in [-0.15, -0.1) is 0 Å². The highest BCUT2D eigenvalue weighted by molar-refractivity contribution is 5.45. The minimum Gasteiger partial charge on any atom is -0.316 e. The highest BCUT2D eigenvalue weighted by Gasteiger charge is 2.16. The van der Waals surface area contributed by atoms with Crippen molar-refractivity contribution in [2.24, 2.45) is 0 Å². The molecule has 1 unspecified atom stereocenters. The average molecular weight is 285 g/mol. The number of rotatable bonds is 6. The number of hydrogen-bond acceptors (Lipinski definition) is 5. The van der Waals surface area contributed by atoms with E-state index >= 15 is 0 Å². The highest BCUT2D eigenvalue weighted by atomic mass is 15.0. The summed E-state index contributed by atoms with van der Waals surface area (Å²) in [4.78, 5) is 17.6. The van der Waals surface area contributed by atoms with Crippen LogP contribution in [0.5, 0.6) is 0 Å². The molecule has 2 aromatic heterocycles. The predicted octanol–water partition coefficient (Wildman–Crippen LogP) is 2.65. The van der Waals surface area contributed by atoms with Crippen molar-refractivity contribution in [1.82, 2.24) is 25.3 Å². The van der Waals surface area contributed by atoms with Crippen molar-refractivity contribution >= 4 is 0 Å². The van der Waals surface area contributed by atoms with Crippen molar-refractivity contribution in [2.75, 3.05) is 13.1 Å². The van der Waals surface area contributed by atoms with Crippen LogP contribution in [0.2, 0.25) is 0 Å². The lowest BCUT2D eigenvalue weighted by Crippen LogP contribution is -2.22. The molecule has 5 heteroatoms. The van der Waals surface area contributed by atoms with E-state index in [0.29, 0.717) is 17.6 Å². The molecule has 0 bridgehead atoms. The van der Waals surface area contributed by atoms with Gasteiger partial charge in [-0.25, -0.2) is 19.9 Å². The van der Waals surface area contributed by atoms with E-state index in [0.717, 1.165) is 30.9 Å². The fourth-order valence-electron chi connectivity index (χ4n) is 2.55. The fourth-order valence-corrected chi connectivity index (χ4v) is 2.55. The standard InChI is InChI=1S/C16H23N5/c1-5-7-17-10-11(2)14-12(3)20-16(21-13(14)4)15-18-8-6-9-19-15/h6,8-9,11,17H,5,7,10H2,1-4H3. The first-order valence-electron chi connectivity index (χ1n) is 7.46. The molecule has 2 aromatic rings. The number of nitrogens with zero attached hydrogens (tertiary/aromatic N) is 4. The Hall–Kier alpha value is -1.88. The minimum atomic E-state index is 0.391. The Labute approximate surface area is 126 Å². The van der Waals surface area contributed by atoms with Crippen molar-refractivity contribution in [3.05, 3.63) is 35.4 Å². The lowest BCUT2D eigenvalue weighted by molar-refractivity contribution is 0.601. The Morgan fingerprint density at radius 1 is 1.05 bits per heavy atom. The second-order valence-electron chi connectivity index (χ2n) is 5.31. The number of nitrogens with one attached hydrogen (secondary N) is 1. The Morgan fingerprint density at radius 3 is 2.24 bits per heavy atom. The van der Waals surface area contributed by atoms with Crippen LogP contribution in [-0.4, -0.2) is 33.0 Å². The number of hydrogen-bond donors (Lipinski definition) is 1. The van der Waals surface area contributed by atoms with Crippen molar-refractivity contribution in [3.63, 3.8) is 0 Å². The van der Waals surface area contributed by atoms with Gasteiger partial charge in [0.05, 0.1) is 0 Å². The molecular weight excluding hydrogens is 262 g/mol. The van der Waals surface area contributed by atoms with Gasteiger partial charge in [-0.1, -0.05) is 13.8 Å². The zero-order valence-corrected chi connectivity index (χ0v) is 13.2. The summed E-state index contributed by atoms with van der Waals surface area (Å²) in [5.74, 6) is 1.57. The third kappa shape index (κ3) is 3.82. The Kier molecular flexibility index (Phi) is 5.33. The molecule has 0 aliphatic rings. The fraction of sp³-hybridized carbons (Fsp3) is 0.500. The van der Waals surface area contributed by atoms with Gasteiger partial charge < -0.3 is 5.32 Å². The Bertz CT molecular complexity index is 559. The molecule has 5 nitrogen and oxygen atoms in total. The highest BCUT2D eigenvalue weighted by Crippen LogP contribution is 2.22. The van der Waals surface area contributed by atoms with Crippen LogP contribution in [-0.2, 0) is 0 Å². The van der Waals surface area contributed by atoms with Gasteiger partial charge >= 0.3 is 0 Å². The molecule has 0 aromatic carbocycles. The summed E-state index contributed by atoms with van der Waals surface area (Å²) in [7, 11) is 0. The molecule has 0 aliphatic heterocycles. The molecule has 1 atom stereocenters. The van der Waals surface area contributed by atoms with E-state index < -0.39 is 0 Å². The number of aromatic nitrogens is 4. The van der Waals surface area contributed by atoms with Crippen LogP contribution in [0, 0.1) is 13.8 Å². The second kappa shape index (κ2) is 7.22. The van der Waals surface area contributed by atoms with E-state index in [4.69, 9.17) is 0 Å². The van der Waals surface area contributed by atoms with Gasteiger partial charge in [0.15, 0.2) is 11.6 Å². The van der Waals surface area contributed by atoms with Gasteiger partial charge in [0.25, 0.3) is 0 Å². The van der Waals surface area contributed by atoms with Gasteiger partial charge in [0, 0.05) is 30.3 Å². The van der Waals surface area contributed by atoms with Crippen molar-refractivity contribution < 1.29 is 0 Å². The van der Waals surface area contributed by atoms with Gasteiger partial charge in [-0.3, -0.25) is 0 Å². The van der Waals surface area contributed by atoms with Gasteiger partial charge in [0.1, 0.15) is 0 Å². The first-order chi connectivity index (χ1) is 10.1. The lowest BCUT2D eigenvalue weighted by atomic mass is 9.98. The molecule has 112 valence electrons. The quantitative estimate of drug-likeness (QED) is 0.827. The average Bonchev–Trinajstić information content (AvgIpc) is 2.47. The molecule has 0 aliphatic carbocycles. The normalized spacial score (nSPS) is 12.4. The smallest absolute Gasteiger partial charge is 0.198 e. The van der Waals surface area contributed by atoms with E-state index in [1.165, 1.54) is 5.56 Å². The first kappa shape index (κ1) is 15.5. The van der Waals surface area contributed by atoms with Gasteiger partial charge in [-0.2, -0.15) is 0 Å². The molecule has 21 heavy (non-hydrogen) atoms. The number of aryl methyl sites for hydroxylation is 2. The van der Waals surface area contributed by atoms with Crippen molar-refractivity contribution in [1.29, 1.82) is 0 Å². The van der Waals surface area contributed by atoms with Crippen LogP contribution < -0.4 is 5.32 Å². The van der Waals surface area contributed by atoms with Crippen LogP contribution in [0.1, 0.15) is 43.1 Å². The van der Waals surface area contributed by atoms with E-state index in [2.05, 4.69) is 39.1 Å². The lowest BCUT2D eigenvalue weighted by Gasteiger charge is -2.17. The summed E-state index contributed by atoms with van der Waals surface area (Å²) in [6, 6.07) is 1.79. The summed E-state index contributed by atoms with van der Waals surface area (Å²) in [6.07, 6.45) is 4.56. The van der Waals surface area contributed by atoms with Gasteiger partial charge in [0.2, 0.25) is 0 Å². The third-order valence-electron chi connectivity index (χ3n) is 3.46. The minimum absolute atomic E-state index is 0.391. The summed E-state index contributed by atoms with van der Waals surface area (Å²) in [6.45, 7) is 10.4. The van der Waals surface area contributed by atoms with Crippen LogP contribution in [0.25, 0.3) is 11.6 Å². The van der Waals surface area contributed by atoms with Gasteiger partial charge in [-0.05, 0) is 44.4 Å². The topological polar surface area (TPSA) is 63.6 Å². The molecule has 2 heterocycles. The maximum absolute atomic E-state index is 4.59. The molecule has 2 rings (SSSR count). The van der Waals surface area contributed by atoms with E-state index in [1.807, 2.05) is 13.8 Å². The summed E-state index contributed by atoms with van der Waals surface area (Å²) >= 11 is 0. The van der Waals surface area contributed by atoms with E-state index in [9.17, 15) is 0 Å². The molecule has 0 saturated carbocycles. The molecule has 1 N–H and O–H groups in total. The monoisotopic (exact) mass is 285 g/mol. The molecule has 0 spiro atoms. The summed E-state index contributed by atoms with van der Waals surface area (Å²) < 4.78 is 0. The maximum Gasteiger partial charge on any atom is 0.198 e.